The Balaban J connectivity index is 2.65. The second-order valence-corrected chi connectivity index (χ2v) is 3.42. The van der Waals surface area contributed by atoms with E-state index >= 15 is 0 Å². The molecule has 3 rings (SSSR count). The molecule has 0 aliphatic heterocycles. The molecule has 0 aliphatic rings. The summed E-state index contributed by atoms with van der Waals surface area (Å²) < 4.78 is 18.9. The van der Waals surface area contributed by atoms with Gasteiger partial charge in [-0.15, -0.1) is 0 Å². The summed E-state index contributed by atoms with van der Waals surface area (Å²) in [6.07, 6.45) is 1.28. The zero-order valence-corrected chi connectivity index (χ0v) is 8.12. The average molecular weight is 223 g/mol. The molecule has 3 nitrogen and oxygen atoms in total. The summed E-state index contributed by atoms with van der Waals surface area (Å²) in [5.41, 5.74) is 1.15. The lowest BCUT2D eigenvalue weighted by molar-refractivity contribution is 0.633. The fraction of sp³-hybridized carbons (Fsp3) is 0. The average Bonchev–Trinajstić information content (AvgIpc) is 2.59. The first-order valence-electron chi connectivity index (χ1n) is 4.24. The van der Waals surface area contributed by atoms with E-state index in [4.69, 9.17) is 16.0 Å². The van der Waals surface area contributed by atoms with Crippen LogP contribution in [-0.2, 0) is 0 Å². The zero-order chi connectivity index (χ0) is 10.4. The first kappa shape index (κ1) is 8.61. The summed E-state index contributed by atoms with van der Waals surface area (Å²) in [4.78, 5) is 7.73. The van der Waals surface area contributed by atoms with E-state index in [-0.39, 0.29) is 11.0 Å². The Kier molecular flexibility index (Phi) is 1.67. The SMILES string of the molecule is Fc1cccc2oc3c(Cl)ncnc3c12. The molecule has 15 heavy (non-hydrogen) atoms. The van der Waals surface area contributed by atoms with Crippen LogP contribution in [0.25, 0.3) is 22.1 Å². The summed E-state index contributed by atoms with van der Waals surface area (Å²) in [7, 11) is 0. The van der Waals surface area contributed by atoms with Gasteiger partial charge in [0.25, 0.3) is 0 Å². The topological polar surface area (TPSA) is 38.9 Å². The molecule has 0 spiro atoms. The van der Waals surface area contributed by atoms with E-state index in [1.165, 1.54) is 12.4 Å². The van der Waals surface area contributed by atoms with E-state index in [0.29, 0.717) is 22.1 Å². The van der Waals surface area contributed by atoms with Gasteiger partial charge in [-0.3, -0.25) is 0 Å². The van der Waals surface area contributed by atoms with E-state index in [2.05, 4.69) is 9.97 Å². The molecular formula is C10H4ClFN2O. The Morgan fingerprint density at radius 1 is 1.27 bits per heavy atom. The number of hydrogen-bond acceptors (Lipinski definition) is 3. The normalized spacial score (nSPS) is 11.3. The van der Waals surface area contributed by atoms with Gasteiger partial charge in [-0.05, 0) is 12.1 Å². The largest absolute Gasteiger partial charge is 0.451 e. The first-order chi connectivity index (χ1) is 7.27. The summed E-state index contributed by atoms with van der Waals surface area (Å²) in [5.74, 6) is -0.374. The molecule has 0 saturated heterocycles. The molecule has 0 unspecified atom stereocenters. The predicted molar refractivity (Wildman–Crippen MR) is 54.3 cm³/mol. The zero-order valence-electron chi connectivity index (χ0n) is 7.37. The lowest BCUT2D eigenvalue weighted by atomic mass is 10.2. The van der Waals surface area contributed by atoms with E-state index in [1.54, 1.807) is 12.1 Å². The van der Waals surface area contributed by atoms with Crippen molar-refractivity contribution in [1.29, 1.82) is 0 Å². The molecule has 0 radical (unpaired) electrons. The maximum absolute atomic E-state index is 13.5. The van der Waals surface area contributed by atoms with E-state index < -0.39 is 0 Å². The van der Waals surface area contributed by atoms with Crippen LogP contribution in [0.2, 0.25) is 5.15 Å². The van der Waals surface area contributed by atoms with Crippen LogP contribution in [0.5, 0.6) is 0 Å². The molecule has 0 fully saturated rings. The fourth-order valence-corrected chi connectivity index (χ4v) is 1.72. The van der Waals surface area contributed by atoms with Gasteiger partial charge in [-0.25, -0.2) is 14.4 Å². The van der Waals surface area contributed by atoms with Crippen LogP contribution in [0.1, 0.15) is 0 Å². The van der Waals surface area contributed by atoms with Crippen molar-refractivity contribution in [3.8, 4) is 0 Å². The molecule has 1 aromatic carbocycles. The summed E-state index contributed by atoms with van der Waals surface area (Å²) >= 11 is 5.81. The number of furan rings is 1. The molecule has 0 bridgehead atoms. The third kappa shape index (κ3) is 1.11. The predicted octanol–water partition coefficient (Wildman–Crippen LogP) is 3.17. The third-order valence-corrected chi connectivity index (χ3v) is 2.45. The van der Waals surface area contributed by atoms with Crippen molar-refractivity contribution in [1.82, 2.24) is 9.97 Å². The van der Waals surface area contributed by atoms with Crippen molar-refractivity contribution in [2.45, 2.75) is 0 Å². The molecule has 2 heterocycles. The van der Waals surface area contributed by atoms with Crippen molar-refractivity contribution < 1.29 is 8.81 Å². The van der Waals surface area contributed by atoms with Gasteiger partial charge in [-0.2, -0.15) is 0 Å². The highest BCUT2D eigenvalue weighted by Crippen LogP contribution is 2.31. The molecule has 0 N–H and O–H groups in total. The van der Waals surface area contributed by atoms with Crippen molar-refractivity contribution in [3.05, 3.63) is 35.5 Å². The summed E-state index contributed by atoms with van der Waals surface area (Å²) in [6.45, 7) is 0. The minimum absolute atomic E-state index is 0.190. The monoisotopic (exact) mass is 222 g/mol. The maximum atomic E-state index is 13.5. The number of benzene rings is 1. The van der Waals surface area contributed by atoms with Gasteiger partial charge in [0.2, 0.25) is 0 Å². The standard InChI is InChI=1S/C10H4ClFN2O/c11-10-9-8(13-4-14-10)7-5(12)2-1-3-6(7)15-9/h1-4H. The second-order valence-electron chi connectivity index (χ2n) is 3.06. The molecule has 5 heteroatoms. The highest BCUT2D eigenvalue weighted by atomic mass is 35.5. The van der Waals surface area contributed by atoms with Crippen LogP contribution in [0, 0.1) is 5.82 Å². The minimum Gasteiger partial charge on any atom is -0.451 e. The number of halogens is 2. The Hall–Kier alpha value is -1.68. The van der Waals surface area contributed by atoms with Crippen molar-refractivity contribution in [3.63, 3.8) is 0 Å². The molecule has 2 aromatic heterocycles. The lowest BCUT2D eigenvalue weighted by Crippen LogP contribution is -1.80. The van der Waals surface area contributed by atoms with Crippen LogP contribution in [-0.4, -0.2) is 9.97 Å². The van der Waals surface area contributed by atoms with Gasteiger partial charge < -0.3 is 4.42 Å². The number of hydrogen-bond donors (Lipinski definition) is 0. The van der Waals surface area contributed by atoms with Crippen LogP contribution < -0.4 is 0 Å². The van der Waals surface area contributed by atoms with E-state index in [0.717, 1.165) is 0 Å². The van der Waals surface area contributed by atoms with Crippen LogP contribution >= 0.6 is 11.6 Å². The maximum Gasteiger partial charge on any atom is 0.191 e. The molecule has 0 atom stereocenters. The number of rotatable bonds is 0. The van der Waals surface area contributed by atoms with Gasteiger partial charge in [0, 0.05) is 0 Å². The summed E-state index contributed by atoms with van der Waals surface area (Å²) in [6, 6.07) is 4.59. The van der Waals surface area contributed by atoms with Crippen LogP contribution in [0.4, 0.5) is 4.39 Å². The first-order valence-corrected chi connectivity index (χ1v) is 4.62. The van der Waals surface area contributed by atoms with Crippen molar-refractivity contribution in [2.75, 3.05) is 0 Å². The molecular weight excluding hydrogens is 219 g/mol. The number of nitrogens with zero attached hydrogens (tertiary/aromatic N) is 2. The fourth-order valence-electron chi connectivity index (χ4n) is 1.55. The van der Waals surface area contributed by atoms with Crippen molar-refractivity contribution in [2.24, 2.45) is 0 Å². The Bertz CT molecular complexity index is 665. The number of aromatic nitrogens is 2. The van der Waals surface area contributed by atoms with Gasteiger partial charge in [0.1, 0.15) is 23.2 Å². The quantitative estimate of drug-likeness (QED) is 0.549. The Morgan fingerprint density at radius 2 is 2.13 bits per heavy atom. The lowest BCUT2D eigenvalue weighted by Gasteiger charge is -1.90. The highest BCUT2D eigenvalue weighted by molar-refractivity contribution is 6.34. The molecule has 74 valence electrons. The Labute approximate surface area is 88.5 Å². The van der Waals surface area contributed by atoms with Gasteiger partial charge in [0.05, 0.1) is 5.39 Å². The van der Waals surface area contributed by atoms with Gasteiger partial charge in [-0.1, -0.05) is 17.7 Å². The van der Waals surface area contributed by atoms with Crippen LogP contribution in [0.3, 0.4) is 0 Å². The molecule has 0 saturated carbocycles. The molecule has 0 amide bonds. The van der Waals surface area contributed by atoms with Crippen LogP contribution in [0.15, 0.2) is 28.9 Å². The molecule has 3 aromatic rings. The second kappa shape index (κ2) is 2.90. The van der Waals surface area contributed by atoms with Crippen molar-refractivity contribution >= 4 is 33.7 Å². The van der Waals surface area contributed by atoms with Gasteiger partial charge in [0.15, 0.2) is 10.7 Å². The molecule has 0 aliphatic carbocycles. The summed E-state index contributed by atoms with van der Waals surface area (Å²) in [5, 5.41) is 0.535. The third-order valence-electron chi connectivity index (χ3n) is 2.18. The smallest absolute Gasteiger partial charge is 0.191 e. The highest BCUT2D eigenvalue weighted by Gasteiger charge is 2.14. The van der Waals surface area contributed by atoms with E-state index in [1.807, 2.05) is 0 Å². The number of fused-ring (bicyclic) bond motifs is 3. The minimum atomic E-state index is -0.374. The van der Waals surface area contributed by atoms with Gasteiger partial charge >= 0.3 is 0 Å². The Morgan fingerprint density at radius 3 is 3.00 bits per heavy atom. The van der Waals surface area contributed by atoms with E-state index in [9.17, 15) is 4.39 Å².